The molecule has 0 aliphatic heterocycles. The lowest BCUT2D eigenvalue weighted by Crippen LogP contribution is -2.14. The molecule has 6 heteroatoms. The van der Waals surface area contributed by atoms with Crippen LogP contribution in [0, 0.1) is 0 Å². The largest absolute Gasteiger partial charge is 0.514 e. The van der Waals surface area contributed by atoms with Gasteiger partial charge in [-0.05, 0) is 17.7 Å². The molecule has 22 heavy (non-hydrogen) atoms. The second kappa shape index (κ2) is 7.12. The first-order chi connectivity index (χ1) is 10.6. The maximum Gasteiger partial charge on any atom is 0.514 e. The second-order valence-electron chi connectivity index (χ2n) is 4.37. The topological polar surface area (TPSA) is 87.9 Å². The summed E-state index contributed by atoms with van der Waals surface area (Å²) in [6.07, 6.45) is -0.931. The fourth-order valence-electron chi connectivity index (χ4n) is 1.74. The zero-order valence-corrected chi connectivity index (χ0v) is 11.9. The molecule has 0 bridgehead atoms. The number of carbonyl (C=O) groups is 2. The molecule has 114 valence electrons. The minimum atomic E-state index is -0.931. The van der Waals surface area contributed by atoms with Gasteiger partial charge in [0.1, 0.15) is 12.2 Å². The third-order valence-corrected chi connectivity index (χ3v) is 2.80. The van der Waals surface area contributed by atoms with Gasteiger partial charge in [-0.25, -0.2) is 9.59 Å². The molecule has 0 saturated heterocycles. The monoisotopic (exact) mass is 301 g/mol. The van der Waals surface area contributed by atoms with Gasteiger partial charge < -0.3 is 19.9 Å². The van der Waals surface area contributed by atoms with E-state index in [0.29, 0.717) is 5.69 Å². The van der Waals surface area contributed by atoms with Gasteiger partial charge in [-0.1, -0.05) is 30.3 Å². The van der Waals surface area contributed by atoms with E-state index in [9.17, 15) is 9.59 Å². The van der Waals surface area contributed by atoms with Gasteiger partial charge in [0, 0.05) is 11.8 Å². The number of esters is 1. The number of benzene rings is 2. The molecule has 0 heterocycles. The van der Waals surface area contributed by atoms with Crippen LogP contribution in [0.5, 0.6) is 5.75 Å². The highest BCUT2D eigenvalue weighted by Crippen LogP contribution is 2.23. The number of carbonyl (C=O) groups excluding carboxylic acids is 2. The van der Waals surface area contributed by atoms with Crippen molar-refractivity contribution in [1.82, 2.24) is 0 Å². The van der Waals surface area contributed by atoms with Crippen molar-refractivity contribution in [2.24, 2.45) is 0 Å². The standard InChI is InChI=1S/C16H15NO5/c1-20-15(18)13-8-7-12(17)9-14(13)22-16(19)21-10-11-5-3-2-4-6-11/h2-9H,10,17H2,1H3. The average Bonchev–Trinajstić information content (AvgIpc) is 2.53. The summed E-state index contributed by atoms with van der Waals surface area (Å²) in [5.41, 5.74) is 6.88. The van der Waals surface area contributed by atoms with E-state index in [1.165, 1.54) is 25.3 Å². The van der Waals surface area contributed by atoms with Crippen LogP contribution in [0.15, 0.2) is 48.5 Å². The molecular formula is C16H15NO5. The number of methoxy groups -OCH3 is 1. The third kappa shape index (κ3) is 3.99. The van der Waals surface area contributed by atoms with Gasteiger partial charge in [-0.2, -0.15) is 0 Å². The second-order valence-corrected chi connectivity index (χ2v) is 4.37. The minimum absolute atomic E-state index is 0.00934. The smallest absolute Gasteiger partial charge is 0.465 e. The number of anilines is 1. The lowest BCUT2D eigenvalue weighted by Gasteiger charge is -2.10. The maximum absolute atomic E-state index is 11.7. The Hall–Kier alpha value is -3.02. The van der Waals surface area contributed by atoms with Crippen molar-refractivity contribution in [3.05, 3.63) is 59.7 Å². The van der Waals surface area contributed by atoms with E-state index >= 15 is 0 Å². The number of hydrogen-bond acceptors (Lipinski definition) is 6. The van der Waals surface area contributed by atoms with E-state index in [0.717, 1.165) is 5.56 Å². The maximum atomic E-state index is 11.7. The Morgan fingerprint density at radius 1 is 1.09 bits per heavy atom. The molecule has 0 unspecified atom stereocenters. The van der Waals surface area contributed by atoms with Gasteiger partial charge in [0.2, 0.25) is 0 Å². The van der Waals surface area contributed by atoms with Crippen molar-refractivity contribution >= 4 is 17.8 Å². The Bertz CT molecular complexity index is 669. The number of hydrogen-bond donors (Lipinski definition) is 1. The Balaban J connectivity index is 2.04. The highest BCUT2D eigenvalue weighted by molar-refractivity contribution is 5.93. The van der Waals surface area contributed by atoms with Crippen molar-refractivity contribution in [3.8, 4) is 5.75 Å². The quantitative estimate of drug-likeness (QED) is 0.531. The fraction of sp³-hybridized carbons (Fsp3) is 0.125. The third-order valence-electron chi connectivity index (χ3n) is 2.80. The van der Waals surface area contributed by atoms with E-state index in [1.54, 1.807) is 0 Å². The van der Waals surface area contributed by atoms with Crippen LogP contribution in [-0.2, 0) is 16.1 Å². The predicted molar refractivity (Wildman–Crippen MR) is 79.4 cm³/mol. The molecule has 0 fully saturated rings. The van der Waals surface area contributed by atoms with Crippen LogP contribution in [0.3, 0.4) is 0 Å². The molecule has 0 aliphatic rings. The fourth-order valence-corrected chi connectivity index (χ4v) is 1.74. The summed E-state index contributed by atoms with van der Waals surface area (Å²) >= 11 is 0. The molecule has 2 aromatic rings. The molecule has 0 amide bonds. The van der Waals surface area contributed by atoms with Gasteiger partial charge in [-0.15, -0.1) is 0 Å². The normalized spacial score (nSPS) is 9.86. The summed E-state index contributed by atoms with van der Waals surface area (Å²) in [4.78, 5) is 23.3. The van der Waals surface area contributed by atoms with Crippen LogP contribution in [0.4, 0.5) is 10.5 Å². The van der Waals surface area contributed by atoms with Crippen molar-refractivity contribution in [2.45, 2.75) is 6.61 Å². The van der Waals surface area contributed by atoms with Gasteiger partial charge in [0.25, 0.3) is 0 Å². The van der Waals surface area contributed by atoms with E-state index in [-0.39, 0.29) is 17.9 Å². The summed E-state index contributed by atoms with van der Waals surface area (Å²) in [5.74, 6) is -0.643. The van der Waals surface area contributed by atoms with Gasteiger partial charge >= 0.3 is 12.1 Å². The summed E-state index contributed by atoms with van der Waals surface area (Å²) < 4.78 is 14.6. The predicted octanol–water partition coefficient (Wildman–Crippen LogP) is 2.77. The summed E-state index contributed by atoms with van der Waals surface area (Å²) in [6.45, 7) is 0.0650. The zero-order valence-electron chi connectivity index (χ0n) is 11.9. The van der Waals surface area contributed by atoms with Crippen LogP contribution < -0.4 is 10.5 Å². The SMILES string of the molecule is COC(=O)c1ccc(N)cc1OC(=O)OCc1ccccc1. The molecular weight excluding hydrogens is 286 g/mol. The molecule has 0 saturated carbocycles. The summed E-state index contributed by atoms with van der Waals surface area (Å²) in [7, 11) is 1.23. The summed E-state index contributed by atoms with van der Waals surface area (Å²) in [5, 5.41) is 0. The highest BCUT2D eigenvalue weighted by Gasteiger charge is 2.17. The molecule has 2 rings (SSSR count). The zero-order chi connectivity index (χ0) is 15.9. The van der Waals surface area contributed by atoms with Crippen molar-refractivity contribution < 1.29 is 23.8 Å². The Labute approximate surface area is 127 Å². The van der Waals surface area contributed by atoms with Crippen LogP contribution >= 0.6 is 0 Å². The van der Waals surface area contributed by atoms with Crippen LogP contribution in [0.1, 0.15) is 15.9 Å². The minimum Gasteiger partial charge on any atom is -0.465 e. The number of rotatable bonds is 4. The van der Waals surface area contributed by atoms with Gasteiger partial charge in [0.15, 0.2) is 5.75 Å². The molecule has 2 N–H and O–H groups in total. The van der Waals surface area contributed by atoms with E-state index < -0.39 is 12.1 Å². The van der Waals surface area contributed by atoms with Crippen molar-refractivity contribution in [1.29, 1.82) is 0 Å². The number of ether oxygens (including phenoxy) is 3. The Kier molecular flexibility index (Phi) is 4.98. The Morgan fingerprint density at radius 2 is 1.82 bits per heavy atom. The first-order valence-corrected chi connectivity index (χ1v) is 6.46. The molecule has 0 spiro atoms. The Morgan fingerprint density at radius 3 is 2.50 bits per heavy atom. The lowest BCUT2D eigenvalue weighted by molar-refractivity contribution is 0.0593. The average molecular weight is 301 g/mol. The first kappa shape index (κ1) is 15.4. The van der Waals surface area contributed by atoms with Crippen molar-refractivity contribution in [2.75, 3.05) is 12.8 Å². The molecule has 0 radical (unpaired) electrons. The van der Waals surface area contributed by atoms with Gasteiger partial charge in [0.05, 0.1) is 7.11 Å². The van der Waals surface area contributed by atoms with E-state index in [2.05, 4.69) is 4.74 Å². The lowest BCUT2D eigenvalue weighted by atomic mass is 10.2. The first-order valence-electron chi connectivity index (χ1n) is 6.46. The van der Waals surface area contributed by atoms with E-state index in [4.69, 9.17) is 15.2 Å². The van der Waals surface area contributed by atoms with Crippen LogP contribution in [0.25, 0.3) is 0 Å². The molecule has 0 atom stereocenters. The van der Waals surface area contributed by atoms with Crippen LogP contribution in [-0.4, -0.2) is 19.2 Å². The molecule has 0 aliphatic carbocycles. The van der Waals surface area contributed by atoms with E-state index in [1.807, 2.05) is 30.3 Å². The molecule has 2 aromatic carbocycles. The van der Waals surface area contributed by atoms with Gasteiger partial charge in [-0.3, -0.25) is 0 Å². The molecule has 0 aromatic heterocycles. The summed E-state index contributed by atoms with van der Waals surface area (Å²) in [6, 6.07) is 13.4. The number of nitrogen functional groups attached to an aromatic ring is 1. The van der Waals surface area contributed by atoms with Crippen molar-refractivity contribution in [3.63, 3.8) is 0 Å². The molecule has 6 nitrogen and oxygen atoms in total. The highest BCUT2D eigenvalue weighted by atomic mass is 16.7. The number of nitrogens with two attached hydrogens (primary N) is 1. The van der Waals surface area contributed by atoms with Crippen LogP contribution in [0.2, 0.25) is 0 Å².